The smallest absolute Gasteiger partial charge is 0.308 e. The van der Waals surface area contributed by atoms with Gasteiger partial charge in [0.2, 0.25) is 17.2 Å². The van der Waals surface area contributed by atoms with Crippen LogP contribution in [0.2, 0.25) is 0 Å². The van der Waals surface area contributed by atoms with Gasteiger partial charge in [0.25, 0.3) is 0 Å². The van der Waals surface area contributed by atoms with Crippen LogP contribution in [0.15, 0.2) is 82.6 Å². The zero-order valence-corrected chi connectivity index (χ0v) is 18.1. The molecule has 7 nitrogen and oxygen atoms in total. The van der Waals surface area contributed by atoms with Crippen molar-refractivity contribution >= 4 is 45.5 Å². The van der Waals surface area contributed by atoms with Crippen LogP contribution >= 0.6 is 0 Å². The molecule has 3 rings (SSSR count). The van der Waals surface area contributed by atoms with Crippen LogP contribution in [-0.4, -0.2) is 20.4 Å². The lowest BCUT2D eigenvalue weighted by molar-refractivity contribution is 0.262. The van der Waals surface area contributed by atoms with Gasteiger partial charge >= 0.3 is 6.03 Å². The van der Waals surface area contributed by atoms with Gasteiger partial charge in [-0.1, -0.05) is 24.3 Å². The quantitative estimate of drug-likeness (QED) is 0.285. The number of carbonyl (C=O) groups is 1. The van der Waals surface area contributed by atoms with Gasteiger partial charge in [0.1, 0.15) is 11.0 Å². The van der Waals surface area contributed by atoms with E-state index in [-0.39, 0.29) is 17.0 Å². The first kappa shape index (κ1) is 23.4. The van der Waals surface area contributed by atoms with Crippen molar-refractivity contribution in [2.75, 3.05) is 10.6 Å². The molecular formula is C21H18F2N4O3S2. The summed E-state index contributed by atoms with van der Waals surface area (Å²) in [6.07, 6.45) is 0. The van der Waals surface area contributed by atoms with Crippen LogP contribution in [0.25, 0.3) is 0 Å². The molecule has 2 atom stereocenters. The number of halogens is 2. The SMILES string of the molecule is N=C(F)c1cccc(NC(=O)Nc2ccc(S(=O)NCc3ccc(S(=O)F)cc3)cc2)c1. The molecule has 0 bridgehead atoms. The van der Waals surface area contributed by atoms with E-state index in [0.29, 0.717) is 16.3 Å². The molecular weight excluding hydrogens is 458 g/mol. The Labute approximate surface area is 188 Å². The maximum atomic E-state index is 13.0. The van der Waals surface area contributed by atoms with Crippen LogP contribution < -0.4 is 15.4 Å². The molecule has 3 aromatic carbocycles. The van der Waals surface area contributed by atoms with Crippen molar-refractivity contribution in [3.63, 3.8) is 0 Å². The summed E-state index contributed by atoms with van der Waals surface area (Å²) < 4.78 is 51.7. The lowest BCUT2D eigenvalue weighted by atomic mass is 10.2. The predicted octanol–water partition coefficient (Wildman–Crippen LogP) is 4.43. The molecule has 0 aromatic heterocycles. The summed E-state index contributed by atoms with van der Waals surface area (Å²) in [4.78, 5) is 12.7. The summed E-state index contributed by atoms with van der Waals surface area (Å²) in [6, 6.07) is 17.6. The third kappa shape index (κ3) is 6.61. The normalized spacial score (nSPS) is 12.6. The molecule has 11 heteroatoms. The van der Waals surface area contributed by atoms with E-state index in [9.17, 15) is 21.5 Å². The van der Waals surface area contributed by atoms with Gasteiger partial charge in [-0.05, 0) is 54.1 Å². The summed E-state index contributed by atoms with van der Waals surface area (Å²) in [5.74, 6) is -1.10. The van der Waals surface area contributed by atoms with Crippen molar-refractivity contribution in [2.45, 2.75) is 16.3 Å². The average Bonchev–Trinajstić information content (AvgIpc) is 2.78. The maximum Gasteiger partial charge on any atom is 0.323 e. The Morgan fingerprint density at radius 2 is 1.50 bits per heavy atom. The molecule has 0 heterocycles. The minimum absolute atomic E-state index is 0.0514. The highest BCUT2D eigenvalue weighted by Gasteiger charge is 2.08. The Morgan fingerprint density at radius 1 is 0.875 bits per heavy atom. The van der Waals surface area contributed by atoms with Gasteiger partial charge in [-0.3, -0.25) is 5.41 Å². The van der Waals surface area contributed by atoms with Gasteiger partial charge in [-0.2, -0.15) is 4.39 Å². The van der Waals surface area contributed by atoms with Crippen LogP contribution in [0.5, 0.6) is 0 Å². The van der Waals surface area contributed by atoms with Crippen LogP contribution in [-0.2, 0) is 28.7 Å². The third-order valence-corrected chi connectivity index (χ3v) is 5.97. The minimum atomic E-state index is -2.54. The van der Waals surface area contributed by atoms with Gasteiger partial charge in [0.05, 0.1) is 9.79 Å². The van der Waals surface area contributed by atoms with Crippen molar-refractivity contribution in [1.82, 2.24) is 4.72 Å². The number of hydrogen-bond acceptors (Lipinski definition) is 4. The van der Waals surface area contributed by atoms with Gasteiger partial charge in [-0.25, -0.2) is 17.9 Å². The second-order valence-electron chi connectivity index (χ2n) is 6.46. The number of urea groups is 1. The van der Waals surface area contributed by atoms with Crippen molar-refractivity contribution in [2.24, 2.45) is 0 Å². The monoisotopic (exact) mass is 476 g/mol. The Morgan fingerprint density at radius 3 is 2.12 bits per heavy atom. The fraction of sp³-hybridized carbons (Fsp3) is 0.0476. The largest absolute Gasteiger partial charge is 0.323 e. The molecule has 32 heavy (non-hydrogen) atoms. The molecule has 0 saturated heterocycles. The highest BCUT2D eigenvalue weighted by Crippen LogP contribution is 2.15. The van der Waals surface area contributed by atoms with E-state index in [2.05, 4.69) is 15.4 Å². The summed E-state index contributed by atoms with van der Waals surface area (Å²) in [5.41, 5.74) is 1.58. The van der Waals surface area contributed by atoms with Crippen molar-refractivity contribution in [3.8, 4) is 0 Å². The molecule has 2 unspecified atom stereocenters. The summed E-state index contributed by atoms with van der Waals surface area (Å²) in [6.45, 7) is 0.254. The summed E-state index contributed by atoms with van der Waals surface area (Å²) in [5, 5.41) is 12.2. The van der Waals surface area contributed by atoms with E-state index in [4.69, 9.17) is 5.41 Å². The highest BCUT2D eigenvalue weighted by atomic mass is 32.2. The topological polar surface area (TPSA) is 111 Å². The van der Waals surface area contributed by atoms with Gasteiger partial charge in [0.15, 0.2) is 0 Å². The van der Waals surface area contributed by atoms with Gasteiger partial charge < -0.3 is 10.6 Å². The molecule has 0 radical (unpaired) electrons. The van der Waals surface area contributed by atoms with E-state index in [1.807, 2.05) is 0 Å². The zero-order valence-electron chi connectivity index (χ0n) is 16.4. The first-order valence-electron chi connectivity index (χ1n) is 9.16. The van der Waals surface area contributed by atoms with Crippen molar-refractivity contribution in [1.29, 1.82) is 5.41 Å². The molecule has 166 valence electrons. The minimum Gasteiger partial charge on any atom is -0.308 e. The van der Waals surface area contributed by atoms with Crippen LogP contribution in [0.4, 0.5) is 24.4 Å². The number of anilines is 2. The molecule has 0 aliphatic carbocycles. The summed E-state index contributed by atoms with van der Waals surface area (Å²) >= 11 is -2.54. The van der Waals surface area contributed by atoms with Crippen LogP contribution in [0.3, 0.4) is 0 Å². The van der Waals surface area contributed by atoms with Crippen LogP contribution in [0.1, 0.15) is 11.1 Å². The standard InChI is InChI=1S/C21H18F2N4O3S2/c22-20(24)15-2-1-3-17(12-15)27-21(28)26-16-6-10-19(11-7-16)32(30)25-13-14-4-8-18(9-5-14)31(23)29/h1-12,24-25H,13H2,(H2,26,27,28). The molecule has 0 aliphatic heterocycles. The number of benzene rings is 3. The number of rotatable bonds is 8. The molecule has 0 aliphatic rings. The molecule has 0 saturated carbocycles. The Kier molecular flexibility index (Phi) is 7.92. The Balaban J connectivity index is 1.53. The van der Waals surface area contributed by atoms with Crippen molar-refractivity contribution in [3.05, 3.63) is 83.9 Å². The molecule has 4 N–H and O–H groups in total. The van der Waals surface area contributed by atoms with E-state index in [1.54, 1.807) is 42.5 Å². The average molecular weight is 477 g/mol. The second-order valence-corrected chi connectivity index (χ2v) is 8.67. The second kappa shape index (κ2) is 10.8. The third-order valence-electron chi connectivity index (χ3n) is 4.22. The van der Waals surface area contributed by atoms with E-state index in [0.717, 1.165) is 5.56 Å². The maximum absolute atomic E-state index is 13.0. The van der Waals surface area contributed by atoms with E-state index in [1.165, 1.54) is 30.3 Å². The molecule has 2 amide bonds. The predicted molar refractivity (Wildman–Crippen MR) is 121 cm³/mol. The number of hydrogen-bond donors (Lipinski definition) is 4. The fourth-order valence-electron chi connectivity index (χ4n) is 2.64. The number of nitrogens with one attached hydrogen (secondary N) is 4. The summed E-state index contributed by atoms with van der Waals surface area (Å²) in [7, 11) is -1.53. The first-order chi connectivity index (χ1) is 15.3. The van der Waals surface area contributed by atoms with E-state index < -0.39 is 34.2 Å². The van der Waals surface area contributed by atoms with Gasteiger partial charge in [-0.15, -0.1) is 3.89 Å². The zero-order chi connectivity index (χ0) is 23.1. The number of carbonyl (C=O) groups excluding carboxylic acids is 1. The number of amides is 2. The first-order valence-corrected chi connectivity index (χ1v) is 11.4. The fourth-order valence-corrected chi connectivity index (χ4v) is 3.83. The lowest BCUT2D eigenvalue weighted by Crippen LogP contribution is -2.20. The Bertz CT molecular complexity index is 1170. The Hall–Kier alpha value is -3.28. The lowest BCUT2D eigenvalue weighted by Gasteiger charge is -2.09. The van der Waals surface area contributed by atoms with Gasteiger partial charge in [0, 0.05) is 23.5 Å². The van der Waals surface area contributed by atoms with Crippen LogP contribution in [0, 0.1) is 5.41 Å². The van der Waals surface area contributed by atoms with E-state index >= 15 is 0 Å². The molecule has 0 fully saturated rings. The molecule has 3 aromatic rings. The molecule has 0 spiro atoms. The highest BCUT2D eigenvalue weighted by molar-refractivity contribution is 7.83. The van der Waals surface area contributed by atoms with Crippen molar-refractivity contribution < 1.29 is 21.5 Å².